The summed E-state index contributed by atoms with van der Waals surface area (Å²) in [4.78, 5) is 2.36. The second-order valence-electron chi connectivity index (χ2n) is 3.17. The molecule has 0 aromatic heterocycles. The topological polar surface area (TPSA) is 41.6 Å². The minimum absolute atomic E-state index is 0.585. The summed E-state index contributed by atoms with van der Waals surface area (Å²) in [5.74, 6) is 0.747. The van der Waals surface area contributed by atoms with Gasteiger partial charge in [-0.2, -0.15) is 0 Å². The van der Waals surface area contributed by atoms with Gasteiger partial charge in [0.25, 0.3) is 0 Å². The fraction of sp³-hybridized carbons (Fsp3) is 1.00. The fourth-order valence-corrected chi connectivity index (χ4v) is 2.35. The monoisotopic (exact) mass is 190 g/mol. The van der Waals surface area contributed by atoms with Crippen LogP contribution in [0.1, 0.15) is 0 Å². The van der Waals surface area contributed by atoms with Gasteiger partial charge in [-0.1, -0.05) is 0 Å². The van der Waals surface area contributed by atoms with E-state index in [9.17, 15) is 4.21 Å². The first kappa shape index (κ1) is 8.62. The maximum Gasteiger partial charge on any atom is 0.0928 e. The van der Waals surface area contributed by atoms with Crippen LogP contribution in [0.15, 0.2) is 0 Å². The van der Waals surface area contributed by atoms with Crippen molar-refractivity contribution >= 4 is 11.0 Å². The summed E-state index contributed by atoms with van der Waals surface area (Å²) in [5.41, 5.74) is 0. The van der Waals surface area contributed by atoms with Crippen molar-refractivity contribution in [3.05, 3.63) is 0 Å². The summed E-state index contributed by atoms with van der Waals surface area (Å²) in [7, 11) is -0.805. The number of hydrogen-bond donors (Lipinski definition) is 1. The zero-order valence-corrected chi connectivity index (χ0v) is 7.81. The highest BCUT2D eigenvalue weighted by atomic mass is 32.2. The van der Waals surface area contributed by atoms with Crippen LogP contribution >= 0.6 is 0 Å². The molecule has 5 heteroatoms. The standard InChI is InChI=1S/C7H14N2O2S/c10-12-4-3-9(2-1-8-12)7-5-11-6-7/h7-8H,1-6H2. The highest BCUT2D eigenvalue weighted by Gasteiger charge is 2.26. The van der Waals surface area contributed by atoms with Gasteiger partial charge in [0.05, 0.1) is 36.0 Å². The van der Waals surface area contributed by atoms with Crippen LogP contribution in [0.3, 0.4) is 0 Å². The van der Waals surface area contributed by atoms with Crippen LogP contribution < -0.4 is 4.72 Å². The fourth-order valence-electron chi connectivity index (χ4n) is 1.49. The Balaban J connectivity index is 1.85. The van der Waals surface area contributed by atoms with Crippen LogP contribution in [-0.4, -0.2) is 53.8 Å². The Bertz CT molecular complexity index is 184. The van der Waals surface area contributed by atoms with Gasteiger partial charge in [-0.05, 0) is 0 Å². The first-order valence-electron chi connectivity index (χ1n) is 4.30. The van der Waals surface area contributed by atoms with Crippen LogP contribution in [0.2, 0.25) is 0 Å². The third-order valence-corrected chi connectivity index (χ3v) is 3.44. The van der Waals surface area contributed by atoms with Crippen LogP contribution in [0.4, 0.5) is 0 Å². The lowest BCUT2D eigenvalue weighted by Gasteiger charge is -2.36. The quantitative estimate of drug-likeness (QED) is 0.574. The van der Waals surface area contributed by atoms with E-state index in [1.165, 1.54) is 0 Å². The molecule has 0 saturated carbocycles. The van der Waals surface area contributed by atoms with E-state index < -0.39 is 11.0 Å². The van der Waals surface area contributed by atoms with Gasteiger partial charge in [-0.15, -0.1) is 0 Å². The maximum atomic E-state index is 11.1. The van der Waals surface area contributed by atoms with Crippen molar-refractivity contribution < 1.29 is 8.95 Å². The molecule has 1 N–H and O–H groups in total. The summed E-state index contributed by atoms with van der Waals surface area (Å²) in [6, 6.07) is 0.585. The van der Waals surface area contributed by atoms with Gasteiger partial charge < -0.3 is 4.74 Å². The predicted octanol–water partition coefficient (Wildman–Crippen LogP) is -1.05. The van der Waals surface area contributed by atoms with E-state index in [-0.39, 0.29) is 0 Å². The number of ether oxygens (including phenoxy) is 1. The van der Waals surface area contributed by atoms with Crippen molar-refractivity contribution in [3.63, 3.8) is 0 Å². The SMILES string of the molecule is O=S1CCN(C2COC2)CCN1. The molecule has 1 atom stereocenters. The Kier molecular flexibility index (Phi) is 2.75. The lowest BCUT2D eigenvalue weighted by Crippen LogP contribution is -2.50. The first-order chi connectivity index (χ1) is 5.86. The van der Waals surface area contributed by atoms with Gasteiger partial charge in [0.1, 0.15) is 0 Å². The summed E-state index contributed by atoms with van der Waals surface area (Å²) >= 11 is 0. The molecule has 0 aromatic carbocycles. The third kappa shape index (κ3) is 1.85. The van der Waals surface area contributed by atoms with E-state index in [0.29, 0.717) is 6.04 Å². The summed E-state index contributed by atoms with van der Waals surface area (Å²) in [6.45, 7) is 4.48. The van der Waals surface area contributed by atoms with Gasteiger partial charge in [-0.25, -0.2) is 8.93 Å². The van der Waals surface area contributed by atoms with Gasteiger partial charge in [0.15, 0.2) is 0 Å². The number of rotatable bonds is 1. The van der Waals surface area contributed by atoms with Crippen molar-refractivity contribution in [1.29, 1.82) is 0 Å². The van der Waals surface area contributed by atoms with Gasteiger partial charge in [0.2, 0.25) is 0 Å². The molecule has 0 spiro atoms. The predicted molar refractivity (Wildman–Crippen MR) is 47.2 cm³/mol. The van der Waals surface area contributed by atoms with E-state index in [0.717, 1.165) is 38.6 Å². The van der Waals surface area contributed by atoms with Gasteiger partial charge >= 0.3 is 0 Å². The Morgan fingerprint density at radius 3 is 2.92 bits per heavy atom. The second-order valence-corrected chi connectivity index (χ2v) is 4.56. The Morgan fingerprint density at radius 1 is 1.42 bits per heavy atom. The van der Waals surface area contributed by atoms with Gasteiger partial charge in [-0.3, -0.25) is 4.90 Å². The molecule has 0 aliphatic carbocycles. The molecular formula is C7H14N2O2S. The zero-order valence-electron chi connectivity index (χ0n) is 6.99. The third-order valence-electron chi connectivity index (χ3n) is 2.36. The summed E-state index contributed by atoms with van der Waals surface area (Å²) in [6.07, 6.45) is 0. The molecule has 0 aromatic rings. The normalized spacial score (nSPS) is 34.2. The van der Waals surface area contributed by atoms with Crippen molar-refractivity contribution in [3.8, 4) is 0 Å². The molecular weight excluding hydrogens is 176 g/mol. The van der Waals surface area contributed by atoms with Crippen LogP contribution in [-0.2, 0) is 15.7 Å². The minimum Gasteiger partial charge on any atom is -0.378 e. The molecule has 2 rings (SSSR count). The molecule has 2 heterocycles. The molecule has 2 aliphatic rings. The lowest BCUT2D eigenvalue weighted by molar-refractivity contribution is -0.0615. The van der Waals surface area contributed by atoms with Crippen LogP contribution in [0.5, 0.6) is 0 Å². The average molecular weight is 190 g/mol. The molecule has 0 radical (unpaired) electrons. The number of nitrogens with one attached hydrogen (secondary N) is 1. The number of hydrogen-bond acceptors (Lipinski definition) is 3. The Labute approximate surface area is 74.9 Å². The van der Waals surface area contributed by atoms with Crippen LogP contribution in [0, 0.1) is 0 Å². The zero-order chi connectivity index (χ0) is 8.39. The van der Waals surface area contributed by atoms with E-state index >= 15 is 0 Å². The molecule has 0 amide bonds. The second kappa shape index (κ2) is 3.83. The molecule has 2 fully saturated rings. The molecule has 2 saturated heterocycles. The van der Waals surface area contributed by atoms with Crippen molar-refractivity contribution in [2.75, 3.05) is 38.6 Å². The Hall–Kier alpha value is 0.0300. The molecule has 1 unspecified atom stereocenters. The van der Waals surface area contributed by atoms with E-state index in [2.05, 4.69) is 9.62 Å². The molecule has 70 valence electrons. The van der Waals surface area contributed by atoms with E-state index in [1.807, 2.05) is 0 Å². The summed E-state index contributed by atoms with van der Waals surface area (Å²) < 4.78 is 19.2. The molecule has 2 aliphatic heterocycles. The first-order valence-corrected chi connectivity index (χ1v) is 5.62. The highest BCUT2D eigenvalue weighted by molar-refractivity contribution is 7.83. The van der Waals surface area contributed by atoms with Gasteiger partial charge in [0, 0.05) is 19.6 Å². The highest BCUT2D eigenvalue weighted by Crippen LogP contribution is 2.10. The summed E-state index contributed by atoms with van der Waals surface area (Å²) in [5, 5.41) is 0. The van der Waals surface area contributed by atoms with Crippen molar-refractivity contribution in [2.24, 2.45) is 0 Å². The molecule has 12 heavy (non-hydrogen) atoms. The smallest absolute Gasteiger partial charge is 0.0928 e. The average Bonchev–Trinajstić information content (AvgIpc) is 2.12. The number of nitrogens with zero attached hydrogens (tertiary/aromatic N) is 1. The van der Waals surface area contributed by atoms with E-state index in [1.54, 1.807) is 0 Å². The lowest BCUT2D eigenvalue weighted by atomic mass is 10.2. The van der Waals surface area contributed by atoms with E-state index in [4.69, 9.17) is 4.74 Å². The minimum atomic E-state index is -0.805. The molecule has 0 bridgehead atoms. The molecule has 4 nitrogen and oxygen atoms in total. The van der Waals surface area contributed by atoms with Crippen molar-refractivity contribution in [1.82, 2.24) is 9.62 Å². The maximum absolute atomic E-state index is 11.1. The Morgan fingerprint density at radius 2 is 2.25 bits per heavy atom. The van der Waals surface area contributed by atoms with Crippen LogP contribution in [0.25, 0.3) is 0 Å². The van der Waals surface area contributed by atoms with Crippen molar-refractivity contribution in [2.45, 2.75) is 6.04 Å². The largest absolute Gasteiger partial charge is 0.378 e.